The highest BCUT2D eigenvalue weighted by Crippen LogP contribution is 2.03. The van der Waals surface area contributed by atoms with E-state index in [0.717, 1.165) is 19.6 Å². The van der Waals surface area contributed by atoms with E-state index < -0.39 is 5.97 Å². The van der Waals surface area contributed by atoms with Crippen molar-refractivity contribution >= 4 is 5.97 Å². The van der Waals surface area contributed by atoms with Crippen LogP contribution < -0.4 is 0 Å². The fourth-order valence-corrected chi connectivity index (χ4v) is 0.896. The second-order valence-corrected chi connectivity index (χ2v) is 2.26. The maximum atomic E-state index is 10.1. The molecule has 0 unspecified atom stereocenters. The van der Waals surface area contributed by atoms with Crippen molar-refractivity contribution in [2.45, 2.75) is 12.8 Å². The van der Waals surface area contributed by atoms with Crippen LogP contribution in [0.25, 0.3) is 0 Å². The topological polar surface area (TPSA) is 49.8 Å². The number of hydroxylamine groups is 2. The Labute approximate surface area is 59.3 Å². The summed E-state index contributed by atoms with van der Waals surface area (Å²) in [5, 5.41) is 9.99. The van der Waals surface area contributed by atoms with E-state index in [2.05, 4.69) is 0 Å². The van der Waals surface area contributed by atoms with Crippen LogP contribution in [0.3, 0.4) is 0 Å². The van der Waals surface area contributed by atoms with Crippen molar-refractivity contribution in [2.75, 3.05) is 19.7 Å². The zero-order valence-corrected chi connectivity index (χ0v) is 5.75. The molecule has 0 aromatic rings. The molecule has 0 atom stereocenters. The fourth-order valence-electron chi connectivity index (χ4n) is 0.896. The van der Waals surface area contributed by atoms with Crippen molar-refractivity contribution in [2.24, 2.45) is 0 Å². The van der Waals surface area contributed by atoms with Gasteiger partial charge in [-0.15, -0.1) is 0 Å². The maximum absolute atomic E-state index is 10.1. The van der Waals surface area contributed by atoms with Gasteiger partial charge >= 0.3 is 5.97 Å². The van der Waals surface area contributed by atoms with Crippen molar-refractivity contribution in [3.05, 3.63) is 0 Å². The molecule has 4 heteroatoms. The molecular formula is C6H11NO3. The monoisotopic (exact) mass is 145 g/mol. The minimum Gasteiger partial charge on any atom is -0.481 e. The van der Waals surface area contributed by atoms with E-state index in [1.165, 1.54) is 0 Å². The Kier molecular flexibility index (Phi) is 2.65. The highest BCUT2D eigenvalue weighted by molar-refractivity contribution is 5.66. The summed E-state index contributed by atoms with van der Waals surface area (Å²) in [6.45, 7) is 2.11. The Morgan fingerprint density at radius 3 is 3.00 bits per heavy atom. The van der Waals surface area contributed by atoms with E-state index in [1.807, 2.05) is 0 Å². The SMILES string of the molecule is O=C(O)CCN1CCCO1. The lowest BCUT2D eigenvalue weighted by molar-refractivity contribution is -0.143. The third kappa shape index (κ3) is 2.33. The summed E-state index contributed by atoms with van der Waals surface area (Å²) in [5.41, 5.74) is 0. The first-order chi connectivity index (χ1) is 4.79. The van der Waals surface area contributed by atoms with Crippen molar-refractivity contribution in [3.8, 4) is 0 Å². The van der Waals surface area contributed by atoms with Crippen molar-refractivity contribution < 1.29 is 14.7 Å². The van der Waals surface area contributed by atoms with Gasteiger partial charge in [0.25, 0.3) is 0 Å². The van der Waals surface area contributed by atoms with E-state index in [9.17, 15) is 4.79 Å². The molecule has 1 N–H and O–H groups in total. The number of hydrogen-bond acceptors (Lipinski definition) is 3. The highest BCUT2D eigenvalue weighted by Gasteiger charge is 2.12. The van der Waals surface area contributed by atoms with Gasteiger partial charge in [-0.3, -0.25) is 9.63 Å². The Balaban J connectivity index is 2.07. The summed E-state index contributed by atoms with van der Waals surface area (Å²) in [7, 11) is 0. The molecule has 0 radical (unpaired) electrons. The number of carboxylic acid groups (broad SMARTS) is 1. The first kappa shape index (κ1) is 7.50. The van der Waals surface area contributed by atoms with Gasteiger partial charge in [-0.05, 0) is 6.42 Å². The van der Waals surface area contributed by atoms with Gasteiger partial charge in [-0.2, -0.15) is 5.06 Å². The summed E-state index contributed by atoms with van der Waals surface area (Å²) in [6, 6.07) is 0. The Bertz CT molecular complexity index is 120. The maximum Gasteiger partial charge on any atom is 0.304 e. The molecule has 0 aromatic heterocycles. The zero-order chi connectivity index (χ0) is 7.40. The third-order valence-corrected chi connectivity index (χ3v) is 1.40. The summed E-state index contributed by atoms with van der Waals surface area (Å²) in [4.78, 5) is 15.1. The van der Waals surface area contributed by atoms with Crippen LogP contribution in [0.5, 0.6) is 0 Å². The van der Waals surface area contributed by atoms with Crippen LogP contribution in [0.4, 0.5) is 0 Å². The Morgan fingerprint density at radius 2 is 2.50 bits per heavy atom. The molecular weight excluding hydrogens is 134 g/mol. The molecule has 1 rings (SSSR count). The second kappa shape index (κ2) is 3.53. The molecule has 0 saturated carbocycles. The van der Waals surface area contributed by atoms with Gasteiger partial charge in [0, 0.05) is 13.1 Å². The van der Waals surface area contributed by atoms with Crippen LogP contribution in [0.2, 0.25) is 0 Å². The van der Waals surface area contributed by atoms with E-state index in [1.54, 1.807) is 5.06 Å². The van der Waals surface area contributed by atoms with Crippen molar-refractivity contribution in [1.82, 2.24) is 5.06 Å². The van der Waals surface area contributed by atoms with E-state index >= 15 is 0 Å². The summed E-state index contributed by atoms with van der Waals surface area (Å²) in [6.07, 6.45) is 1.18. The quantitative estimate of drug-likeness (QED) is 0.611. The average molecular weight is 145 g/mol. The third-order valence-electron chi connectivity index (χ3n) is 1.40. The van der Waals surface area contributed by atoms with Crippen LogP contribution in [-0.2, 0) is 9.63 Å². The van der Waals surface area contributed by atoms with Gasteiger partial charge in [0.15, 0.2) is 0 Å². The minimum absolute atomic E-state index is 0.167. The molecule has 0 spiro atoms. The lowest BCUT2D eigenvalue weighted by Crippen LogP contribution is -2.21. The first-order valence-electron chi connectivity index (χ1n) is 3.38. The van der Waals surface area contributed by atoms with Crippen LogP contribution in [-0.4, -0.2) is 35.8 Å². The van der Waals surface area contributed by atoms with Gasteiger partial charge in [0.05, 0.1) is 13.0 Å². The highest BCUT2D eigenvalue weighted by atomic mass is 16.7. The van der Waals surface area contributed by atoms with E-state index in [-0.39, 0.29) is 6.42 Å². The molecule has 1 fully saturated rings. The van der Waals surface area contributed by atoms with Crippen LogP contribution in [0.15, 0.2) is 0 Å². The molecule has 0 aliphatic carbocycles. The number of rotatable bonds is 3. The van der Waals surface area contributed by atoms with Crippen LogP contribution in [0.1, 0.15) is 12.8 Å². The van der Waals surface area contributed by atoms with Crippen LogP contribution >= 0.6 is 0 Å². The first-order valence-corrected chi connectivity index (χ1v) is 3.38. The number of carbonyl (C=O) groups is 1. The van der Waals surface area contributed by atoms with Gasteiger partial charge in [0.2, 0.25) is 0 Å². The van der Waals surface area contributed by atoms with Gasteiger partial charge in [-0.1, -0.05) is 0 Å². The molecule has 0 amide bonds. The molecule has 58 valence electrons. The Hall–Kier alpha value is -0.610. The molecule has 1 aliphatic heterocycles. The predicted molar refractivity (Wildman–Crippen MR) is 34.4 cm³/mol. The Morgan fingerprint density at radius 1 is 1.70 bits per heavy atom. The molecule has 4 nitrogen and oxygen atoms in total. The average Bonchev–Trinajstić information content (AvgIpc) is 2.34. The number of nitrogens with zero attached hydrogens (tertiary/aromatic N) is 1. The zero-order valence-electron chi connectivity index (χ0n) is 5.75. The number of carboxylic acids is 1. The van der Waals surface area contributed by atoms with Crippen molar-refractivity contribution in [3.63, 3.8) is 0 Å². The molecule has 10 heavy (non-hydrogen) atoms. The summed E-state index contributed by atoms with van der Waals surface area (Å²) in [5.74, 6) is -0.768. The van der Waals surface area contributed by atoms with E-state index in [0.29, 0.717) is 6.54 Å². The predicted octanol–water partition coefficient (Wildman–Crippen LogP) is 0.0984. The number of aliphatic carboxylic acids is 1. The van der Waals surface area contributed by atoms with Crippen molar-refractivity contribution in [1.29, 1.82) is 0 Å². The molecule has 1 aliphatic rings. The molecule has 0 bridgehead atoms. The van der Waals surface area contributed by atoms with Crippen LogP contribution in [0, 0.1) is 0 Å². The second-order valence-electron chi connectivity index (χ2n) is 2.26. The lowest BCUT2D eigenvalue weighted by Gasteiger charge is -2.10. The largest absolute Gasteiger partial charge is 0.481 e. The normalized spacial score (nSPS) is 19.6. The van der Waals surface area contributed by atoms with E-state index in [4.69, 9.17) is 9.94 Å². The molecule has 1 heterocycles. The minimum atomic E-state index is -0.768. The lowest BCUT2D eigenvalue weighted by atomic mass is 10.4. The standard InChI is InChI=1S/C6H11NO3/c8-6(9)2-4-7-3-1-5-10-7/h1-5H2,(H,8,9). The smallest absolute Gasteiger partial charge is 0.304 e. The summed E-state index contributed by atoms with van der Waals surface area (Å²) >= 11 is 0. The van der Waals surface area contributed by atoms with Gasteiger partial charge in [0.1, 0.15) is 0 Å². The summed E-state index contributed by atoms with van der Waals surface area (Å²) < 4.78 is 0. The number of hydrogen-bond donors (Lipinski definition) is 1. The fraction of sp³-hybridized carbons (Fsp3) is 0.833. The van der Waals surface area contributed by atoms with Gasteiger partial charge in [-0.25, -0.2) is 0 Å². The molecule has 1 saturated heterocycles. The van der Waals surface area contributed by atoms with Gasteiger partial charge < -0.3 is 5.11 Å². The molecule has 0 aromatic carbocycles.